The molecule has 1 heterocycles. The zero-order valence-corrected chi connectivity index (χ0v) is 16.4. The van der Waals surface area contributed by atoms with E-state index in [1.807, 2.05) is 0 Å². The number of carbonyl (C=O) groups excluding carboxylic acids is 1. The van der Waals surface area contributed by atoms with E-state index < -0.39 is 0 Å². The molecule has 0 bridgehead atoms. The van der Waals surface area contributed by atoms with Crippen LogP contribution in [0.3, 0.4) is 0 Å². The summed E-state index contributed by atoms with van der Waals surface area (Å²) in [6, 6.07) is 10.2. The van der Waals surface area contributed by atoms with E-state index in [4.69, 9.17) is 0 Å². The predicted molar refractivity (Wildman–Crippen MR) is 107 cm³/mol. The van der Waals surface area contributed by atoms with E-state index in [1.54, 1.807) is 16.9 Å². The first-order valence-electron chi connectivity index (χ1n) is 9.68. The number of aliphatic hydroxyl groups is 1. The van der Waals surface area contributed by atoms with Crippen LogP contribution in [0.15, 0.2) is 36.5 Å². The molecule has 1 aliphatic rings. The topological polar surface area (TPSA) is 79.2 Å². The van der Waals surface area contributed by atoms with Crippen molar-refractivity contribution >= 4 is 11.8 Å². The highest BCUT2D eigenvalue weighted by molar-refractivity contribution is 5.88. The van der Waals surface area contributed by atoms with Gasteiger partial charge >= 0.3 is 6.03 Å². The van der Waals surface area contributed by atoms with Gasteiger partial charge < -0.3 is 10.4 Å². The first-order chi connectivity index (χ1) is 12.8. The van der Waals surface area contributed by atoms with Gasteiger partial charge in [0.15, 0.2) is 0 Å². The summed E-state index contributed by atoms with van der Waals surface area (Å²) in [6.07, 6.45) is 4.58. The van der Waals surface area contributed by atoms with E-state index in [9.17, 15) is 9.90 Å². The third kappa shape index (κ3) is 5.32. The molecule has 146 valence electrons. The molecule has 1 aromatic heterocycles. The lowest BCUT2D eigenvalue weighted by atomic mass is 9.87. The fourth-order valence-corrected chi connectivity index (χ4v) is 3.41. The number of amides is 2. The van der Waals surface area contributed by atoms with Gasteiger partial charge in [0.2, 0.25) is 0 Å². The number of carbonyl (C=O) groups is 1. The largest absolute Gasteiger partial charge is 0.393 e. The van der Waals surface area contributed by atoms with Crippen LogP contribution in [0.2, 0.25) is 0 Å². The number of nitrogens with zero attached hydrogens (tertiary/aromatic N) is 2. The molecule has 1 saturated carbocycles. The maximum Gasteiger partial charge on any atom is 0.320 e. The number of hydrogen-bond acceptors (Lipinski definition) is 3. The smallest absolute Gasteiger partial charge is 0.320 e. The highest BCUT2D eigenvalue weighted by atomic mass is 16.3. The van der Waals surface area contributed by atoms with Gasteiger partial charge in [-0.1, -0.05) is 45.0 Å². The third-order valence-corrected chi connectivity index (χ3v) is 5.14. The van der Waals surface area contributed by atoms with Crippen LogP contribution < -0.4 is 10.6 Å². The monoisotopic (exact) mass is 370 g/mol. The number of anilines is 1. The standard InChI is InChI=1S/C21H30N4O2/c1-21(2,3)16-6-4-15(5-7-16)14-25-19(12-13-22-25)24-20(27)23-17-8-10-18(26)11-9-17/h4-7,12-13,17-18,26H,8-11,14H2,1-3H3,(H2,23,24,27). The molecule has 1 aliphatic carbocycles. The molecule has 6 heteroatoms. The lowest BCUT2D eigenvalue weighted by Crippen LogP contribution is -2.41. The molecule has 0 radical (unpaired) electrons. The Kier molecular flexibility index (Phi) is 5.85. The van der Waals surface area contributed by atoms with Gasteiger partial charge in [0.05, 0.1) is 18.8 Å². The number of benzene rings is 1. The van der Waals surface area contributed by atoms with Crippen molar-refractivity contribution < 1.29 is 9.90 Å². The van der Waals surface area contributed by atoms with Crippen molar-refractivity contribution in [3.05, 3.63) is 47.7 Å². The van der Waals surface area contributed by atoms with E-state index in [2.05, 4.69) is 60.8 Å². The van der Waals surface area contributed by atoms with Crippen molar-refractivity contribution in [3.63, 3.8) is 0 Å². The molecular formula is C21H30N4O2. The van der Waals surface area contributed by atoms with Crippen molar-refractivity contribution in [1.29, 1.82) is 0 Å². The highest BCUT2D eigenvalue weighted by Crippen LogP contribution is 2.23. The Morgan fingerprint density at radius 1 is 1.15 bits per heavy atom. The molecule has 3 N–H and O–H groups in total. The van der Waals surface area contributed by atoms with E-state index in [1.165, 1.54) is 5.56 Å². The van der Waals surface area contributed by atoms with E-state index in [0.717, 1.165) is 31.2 Å². The van der Waals surface area contributed by atoms with Crippen LogP contribution >= 0.6 is 0 Å². The van der Waals surface area contributed by atoms with Crippen LogP contribution in [0.1, 0.15) is 57.6 Å². The van der Waals surface area contributed by atoms with E-state index in [-0.39, 0.29) is 23.6 Å². The molecule has 0 atom stereocenters. The molecule has 2 amide bonds. The number of aromatic nitrogens is 2. The Hall–Kier alpha value is -2.34. The van der Waals surface area contributed by atoms with Crippen molar-refractivity contribution in [1.82, 2.24) is 15.1 Å². The van der Waals surface area contributed by atoms with Gasteiger partial charge in [0.25, 0.3) is 0 Å². The molecule has 0 aliphatic heterocycles. The summed E-state index contributed by atoms with van der Waals surface area (Å²) < 4.78 is 1.79. The van der Waals surface area contributed by atoms with Crippen LogP contribution in [-0.2, 0) is 12.0 Å². The summed E-state index contributed by atoms with van der Waals surface area (Å²) in [7, 11) is 0. The average molecular weight is 370 g/mol. The summed E-state index contributed by atoms with van der Waals surface area (Å²) >= 11 is 0. The number of rotatable bonds is 4. The Morgan fingerprint density at radius 3 is 2.44 bits per heavy atom. The first kappa shape index (κ1) is 19.4. The van der Waals surface area contributed by atoms with Crippen LogP contribution in [0.5, 0.6) is 0 Å². The SMILES string of the molecule is CC(C)(C)c1ccc(Cn2nccc2NC(=O)NC2CCC(O)CC2)cc1. The summed E-state index contributed by atoms with van der Waals surface area (Å²) in [5, 5.41) is 19.8. The van der Waals surface area contributed by atoms with Crippen molar-refractivity contribution in [3.8, 4) is 0 Å². The molecule has 0 saturated heterocycles. The maximum absolute atomic E-state index is 12.3. The van der Waals surface area contributed by atoms with Gasteiger partial charge in [-0.2, -0.15) is 5.10 Å². The number of nitrogens with one attached hydrogen (secondary N) is 2. The summed E-state index contributed by atoms with van der Waals surface area (Å²) in [4.78, 5) is 12.3. The molecule has 1 fully saturated rings. The van der Waals surface area contributed by atoms with E-state index >= 15 is 0 Å². The minimum absolute atomic E-state index is 0.120. The van der Waals surface area contributed by atoms with Crippen LogP contribution in [-0.4, -0.2) is 33.1 Å². The fraction of sp³-hybridized carbons (Fsp3) is 0.524. The molecular weight excluding hydrogens is 340 g/mol. The van der Waals surface area contributed by atoms with Gasteiger partial charge in [0.1, 0.15) is 5.82 Å². The van der Waals surface area contributed by atoms with Crippen LogP contribution in [0.4, 0.5) is 10.6 Å². The Labute approximate surface area is 161 Å². The van der Waals surface area contributed by atoms with Gasteiger partial charge in [-0.15, -0.1) is 0 Å². The number of aliphatic hydroxyl groups excluding tert-OH is 1. The Morgan fingerprint density at radius 2 is 1.81 bits per heavy atom. The van der Waals surface area contributed by atoms with E-state index in [0.29, 0.717) is 12.4 Å². The molecule has 6 nitrogen and oxygen atoms in total. The van der Waals surface area contributed by atoms with Gasteiger partial charge in [0, 0.05) is 12.1 Å². The molecule has 0 unspecified atom stereocenters. The van der Waals surface area contributed by atoms with Gasteiger partial charge in [-0.05, 0) is 42.2 Å². The number of hydrogen-bond donors (Lipinski definition) is 3. The third-order valence-electron chi connectivity index (χ3n) is 5.14. The quantitative estimate of drug-likeness (QED) is 0.768. The van der Waals surface area contributed by atoms with Crippen molar-refractivity contribution in [2.45, 2.75) is 70.6 Å². The second-order valence-corrected chi connectivity index (χ2v) is 8.42. The van der Waals surface area contributed by atoms with Gasteiger partial charge in [-0.3, -0.25) is 5.32 Å². The highest BCUT2D eigenvalue weighted by Gasteiger charge is 2.21. The Bertz CT molecular complexity index is 753. The lowest BCUT2D eigenvalue weighted by Gasteiger charge is -2.26. The van der Waals surface area contributed by atoms with Crippen LogP contribution in [0, 0.1) is 0 Å². The zero-order valence-electron chi connectivity index (χ0n) is 16.4. The predicted octanol–water partition coefficient (Wildman–Crippen LogP) is 3.65. The fourth-order valence-electron chi connectivity index (χ4n) is 3.41. The average Bonchev–Trinajstić information content (AvgIpc) is 3.03. The molecule has 2 aromatic rings. The Balaban J connectivity index is 1.58. The van der Waals surface area contributed by atoms with Crippen molar-refractivity contribution in [2.24, 2.45) is 0 Å². The first-order valence-corrected chi connectivity index (χ1v) is 9.68. The summed E-state index contributed by atoms with van der Waals surface area (Å²) in [5.41, 5.74) is 2.56. The normalized spacial score (nSPS) is 20.3. The minimum atomic E-state index is -0.225. The summed E-state index contributed by atoms with van der Waals surface area (Å²) in [5.74, 6) is 0.670. The second kappa shape index (κ2) is 8.13. The summed E-state index contributed by atoms with van der Waals surface area (Å²) in [6.45, 7) is 7.19. The molecule has 0 spiro atoms. The van der Waals surface area contributed by atoms with Gasteiger partial charge in [-0.25, -0.2) is 9.48 Å². The minimum Gasteiger partial charge on any atom is -0.393 e. The zero-order chi connectivity index (χ0) is 19.4. The lowest BCUT2D eigenvalue weighted by molar-refractivity contribution is 0.118. The van der Waals surface area contributed by atoms with Crippen molar-refractivity contribution in [2.75, 3.05) is 5.32 Å². The van der Waals surface area contributed by atoms with Crippen LogP contribution in [0.25, 0.3) is 0 Å². The molecule has 27 heavy (non-hydrogen) atoms. The number of urea groups is 1. The maximum atomic E-state index is 12.3. The molecule has 3 rings (SSSR count). The molecule has 1 aromatic carbocycles. The second-order valence-electron chi connectivity index (χ2n) is 8.42.